The van der Waals surface area contributed by atoms with Gasteiger partial charge in [0.25, 0.3) is 0 Å². The first-order valence-electron chi connectivity index (χ1n) is 3.71. The molecule has 2 rings (SSSR count). The molecule has 1 heterocycles. The second kappa shape index (κ2) is 3.27. The number of benzene rings is 1. The molecule has 0 saturated carbocycles. The normalized spacial score (nSPS) is 20.9. The third kappa shape index (κ3) is 1.37. The first-order valence-corrected chi connectivity index (χ1v) is 4.50. The lowest BCUT2D eigenvalue weighted by atomic mass is 10.1. The molecule has 1 unspecified atom stereocenters. The van der Waals surface area contributed by atoms with Gasteiger partial charge < -0.3 is 4.84 Å². The van der Waals surface area contributed by atoms with Crippen molar-refractivity contribution < 1.29 is 4.84 Å². The van der Waals surface area contributed by atoms with Crippen LogP contribution < -0.4 is 0 Å². The first-order chi connectivity index (χ1) is 5.88. The second-order valence-electron chi connectivity index (χ2n) is 2.57. The smallest absolute Gasteiger partial charge is 0.159 e. The highest BCUT2D eigenvalue weighted by atomic mass is 79.9. The topological polar surface area (TPSA) is 21.6 Å². The van der Waals surface area contributed by atoms with Gasteiger partial charge in [-0.25, -0.2) is 0 Å². The summed E-state index contributed by atoms with van der Waals surface area (Å²) < 4.78 is 1.06. The SMILES string of the molecule is Brc1ccccc1C1C[C]=NO1. The lowest BCUT2D eigenvalue weighted by Crippen LogP contribution is -1.96. The van der Waals surface area contributed by atoms with Crippen LogP contribution in [0.4, 0.5) is 0 Å². The Hall–Kier alpha value is -0.830. The Morgan fingerprint density at radius 3 is 3.00 bits per heavy atom. The largest absolute Gasteiger partial charge is 0.387 e. The predicted octanol–water partition coefficient (Wildman–Crippen LogP) is 2.77. The number of halogens is 1. The molecular formula is C9H7BrNO. The van der Waals surface area contributed by atoms with Gasteiger partial charge in [0.2, 0.25) is 0 Å². The zero-order valence-electron chi connectivity index (χ0n) is 6.33. The average Bonchev–Trinajstić information content (AvgIpc) is 2.57. The van der Waals surface area contributed by atoms with E-state index in [1.807, 2.05) is 24.3 Å². The molecule has 0 amide bonds. The first kappa shape index (κ1) is 7.80. The lowest BCUT2D eigenvalue weighted by Gasteiger charge is -2.09. The van der Waals surface area contributed by atoms with Gasteiger partial charge in [0.1, 0.15) is 6.21 Å². The van der Waals surface area contributed by atoms with Crippen LogP contribution in [0, 0.1) is 0 Å². The summed E-state index contributed by atoms with van der Waals surface area (Å²) in [7, 11) is 0. The molecule has 12 heavy (non-hydrogen) atoms. The summed E-state index contributed by atoms with van der Waals surface area (Å²) in [5.74, 6) is 0. The zero-order chi connectivity index (χ0) is 8.39. The van der Waals surface area contributed by atoms with Crippen LogP contribution >= 0.6 is 15.9 Å². The summed E-state index contributed by atoms with van der Waals surface area (Å²) >= 11 is 3.46. The van der Waals surface area contributed by atoms with Crippen molar-refractivity contribution >= 4 is 22.1 Å². The molecule has 0 N–H and O–H groups in total. The average molecular weight is 225 g/mol. The Morgan fingerprint density at radius 2 is 2.33 bits per heavy atom. The molecule has 3 heteroatoms. The van der Waals surface area contributed by atoms with Gasteiger partial charge in [0.15, 0.2) is 6.10 Å². The zero-order valence-corrected chi connectivity index (χ0v) is 7.91. The van der Waals surface area contributed by atoms with Crippen molar-refractivity contribution in [3.05, 3.63) is 34.3 Å². The standard InChI is InChI=1S/C9H7BrNO/c10-8-4-2-1-3-7(8)9-5-6-11-12-9/h1-4,9H,5H2. The van der Waals surface area contributed by atoms with E-state index in [0.717, 1.165) is 16.5 Å². The van der Waals surface area contributed by atoms with Crippen molar-refractivity contribution in [3.8, 4) is 0 Å². The third-order valence-electron chi connectivity index (χ3n) is 1.77. The van der Waals surface area contributed by atoms with Crippen molar-refractivity contribution in [1.82, 2.24) is 0 Å². The fraction of sp³-hybridized carbons (Fsp3) is 0.222. The molecule has 61 valence electrons. The maximum absolute atomic E-state index is 5.10. The van der Waals surface area contributed by atoms with Gasteiger partial charge >= 0.3 is 0 Å². The Morgan fingerprint density at radius 1 is 1.50 bits per heavy atom. The molecule has 0 fully saturated rings. The van der Waals surface area contributed by atoms with E-state index in [-0.39, 0.29) is 6.10 Å². The van der Waals surface area contributed by atoms with Crippen molar-refractivity contribution in [2.75, 3.05) is 0 Å². The number of hydrogen-bond donors (Lipinski definition) is 0. The van der Waals surface area contributed by atoms with E-state index < -0.39 is 0 Å². The van der Waals surface area contributed by atoms with Gasteiger partial charge in [0.05, 0.1) is 0 Å². The molecule has 1 atom stereocenters. The van der Waals surface area contributed by atoms with Crippen LogP contribution in [0.5, 0.6) is 0 Å². The van der Waals surface area contributed by atoms with Gasteiger partial charge in [-0.2, -0.15) is 0 Å². The minimum Gasteiger partial charge on any atom is -0.387 e. The van der Waals surface area contributed by atoms with Gasteiger partial charge in [-0.3, -0.25) is 0 Å². The van der Waals surface area contributed by atoms with E-state index in [9.17, 15) is 0 Å². The molecule has 1 aliphatic rings. The highest BCUT2D eigenvalue weighted by Crippen LogP contribution is 2.29. The number of hydrogen-bond acceptors (Lipinski definition) is 2. The van der Waals surface area contributed by atoms with E-state index in [0.29, 0.717) is 0 Å². The molecule has 0 bridgehead atoms. The second-order valence-corrected chi connectivity index (χ2v) is 3.42. The van der Waals surface area contributed by atoms with Gasteiger partial charge in [0, 0.05) is 16.5 Å². The Bertz CT molecular complexity index is 303. The molecule has 1 aliphatic heterocycles. The van der Waals surface area contributed by atoms with Crippen LogP contribution in [0.2, 0.25) is 0 Å². The molecule has 0 saturated heterocycles. The maximum atomic E-state index is 5.10. The molecule has 2 nitrogen and oxygen atoms in total. The van der Waals surface area contributed by atoms with E-state index in [4.69, 9.17) is 4.84 Å². The van der Waals surface area contributed by atoms with Crippen molar-refractivity contribution in [2.24, 2.45) is 5.16 Å². The van der Waals surface area contributed by atoms with E-state index in [1.54, 1.807) is 0 Å². The highest BCUT2D eigenvalue weighted by molar-refractivity contribution is 9.10. The van der Waals surface area contributed by atoms with E-state index in [2.05, 4.69) is 27.3 Å². The lowest BCUT2D eigenvalue weighted by molar-refractivity contribution is 0.0853. The summed E-state index contributed by atoms with van der Waals surface area (Å²) in [5.41, 5.74) is 1.13. The molecule has 0 spiro atoms. The van der Waals surface area contributed by atoms with Crippen molar-refractivity contribution in [1.29, 1.82) is 0 Å². The van der Waals surface area contributed by atoms with Crippen LogP contribution in [0.3, 0.4) is 0 Å². The number of nitrogens with zero attached hydrogens (tertiary/aromatic N) is 1. The molecule has 0 aliphatic carbocycles. The molecule has 0 aromatic heterocycles. The molecule has 1 radical (unpaired) electrons. The van der Waals surface area contributed by atoms with Crippen molar-refractivity contribution in [2.45, 2.75) is 12.5 Å². The Labute approximate surface area is 79.4 Å². The van der Waals surface area contributed by atoms with Crippen molar-refractivity contribution in [3.63, 3.8) is 0 Å². The van der Waals surface area contributed by atoms with Crippen LogP contribution in [0.1, 0.15) is 18.1 Å². The predicted molar refractivity (Wildman–Crippen MR) is 50.0 cm³/mol. The van der Waals surface area contributed by atoms with E-state index >= 15 is 0 Å². The molecule has 1 aromatic rings. The van der Waals surface area contributed by atoms with Crippen LogP contribution in [-0.2, 0) is 4.84 Å². The van der Waals surface area contributed by atoms with Gasteiger partial charge in [-0.1, -0.05) is 39.3 Å². The summed E-state index contributed by atoms with van der Waals surface area (Å²) in [6.07, 6.45) is 3.56. The third-order valence-corrected chi connectivity index (χ3v) is 2.50. The minimum atomic E-state index is 0.0422. The Balaban J connectivity index is 2.27. The quantitative estimate of drug-likeness (QED) is 0.720. The number of rotatable bonds is 1. The molecule has 1 aromatic carbocycles. The fourth-order valence-corrected chi connectivity index (χ4v) is 1.70. The van der Waals surface area contributed by atoms with Crippen LogP contribution in [0.15, 0.2) is 33.9 Å². The van der Waals surface area contributed by atoms with Gasteiger partial charge in [-0.05, 0) is 6.07 Å². The summed E-state index contributed by atoms with van der Waals surface area (Å²) in [4.78, 5) is 5.10. The monoisotopic (exact) mass is 224 g/mol. The molecular weight excluding hydrogens is 218 g/mol. The summed E-state index contributed by atoms with van der Waals surface area (Å²) in [5, 5.41) is 3.61. The highest BCUT2D eigenvalue weighted by Gasteiger charge is 2.18. The Kier molecular flexibility index (Phi) is 2.13. The van der Waals surface area contributed by atoms with Crippen LogP contribution in [-0.4, -0.2) is 6.21 Å². The summed E-state index contributed by atoms with van der Waals surface area (Å²) in [6.45, 7) is 0. The van der Waals surface area contributed by atoms with E-state index in [1.165, 1.54) is 0 Å². The van der Waals surface area contributed by atoms with Gasteiger partial charge in [-0.15, -0.1) is 0 Å². The fourth-order valence-electron chi connectivity index (χ4n) is 1.16. The minimum absolute atomic E-state index is 0.0422. The maximum Gasteiger partial charge on any atom is 0.159 e. The van der Waals surface area contributed by atoms with Crippen LogP contribution in [0.25, 0.3) is 0 Å². The summed E-state index contributed by atoms with van der Waals surface area (Å²) in [6, 6.07) is 7.99.